The molecule has 226 valence electrons. The second-order valence-electron chi connectivity index (χ2n) is 9.56. The Bertz CT molecular complexity index is 737. The van der Waals surface area contributed by atoms with Crippen molar-refractivity contribution in [2.24, 2.45) is 0 Å². The number of hydrogen-bond donors (Lipinski definition) is 5. The maximum absolute atomic E-state index is 12.0. The number of amides is 5. The Morgan fingerprint density at radius 2 is 0.923 bits per heavy atom. The first-order valence-corrected chi connectivity index (χ1v) is 14.1. The second kappa shape index (κ2) is 23.1. The van der Waals surface area contributed by atoms with E-state index in [9.17, 15) is 39.6 Å². The minimum Gasteiger partial charge on any atom is -0.356 e. The van der Waals surface area contributed by atoms with Gasteiger partial charge in [-0.1, -0.05) is 26.2 Å². The first kappa shape index (κ1) is 36.2. The molecule has 5 N–H and O–H groups in total. The first-order valence-electron chi connectivity index (χ1n) is 14.1. The summed E-state index contributed by atoms with van der Waals surface area (Å²) in [5.74, 6) is -1.99. The Hall–Kier alpha value is -2.77. The van der Waals surface area contributed by atoms with E-state index in [2.05, 4.69) is 17.6 Å². The van der Waals surface area contributed by atoms with Crippen LogP contribution in [0.2, 0.25) is 0 Å². The van der Waals surface area contributed by atoms with Crippen molar-refractivity contribution in [1.82, 2.24) is 25.8 Å². The number of nitrogens with one attached hydrogen (secondary N) is 2. The monoisotopic (exact) mass is 559 g/mol. The Morgan fingerprint density at radius 3 is 1.31 bits per heavy atom. The van der Waals surface area contributed by atoms with Gasteiger partial charge in [-0.15, -0.1) is 0 Å². The third-order valence-corrected chi connectivity index (χ3v) is 6.03. The summed E-state index contributed by atoms with van der Waals surface area (Å²) in [6.45, 7) is 4.81. The van der Waals surface area contributed by atoms with Crippen LogP contribution in [-0.4, -0.2) is 93.1 Å². The number of hydrogen-bond acceptors (Lipinski definition) is 8. The molecule has 13 heteroatoms. The average molecular weight is 560 g/mol. The van der Waals surface area contributed by atoms with Gasteiger partial charge in [-0.3, -0.25) is 39.6 Å². The molecule has 0 aromatic heterocycles. The lowest BCUT2D eigenvalue weighted by Gasteiger charge is -2.15. The SMILES string of the molecule is CCCCCCN(O)C(=O)CCC(=O)NCCCCCN(O)C(=O)CCC(=O)NCCCCCN(O)C(C)=O. The van der Waals surface area contributed by atoms with Gasteiger partial charge in [0.05, 0.1) is 0 Å². The van der Waals surface area contributed by atoms with Crippen molar-refractivity contribution in [3.05, 3.63) is 0 Å². The van der Waals surface area contributed by atoms with E-state index in [1.54, 1.807) is 0 Å². The van der Waals surface area contributed by atoms with Crippen LogP contribution in [0.15, 0.2) is 0 Å². The van der Waals surface area contributed by atoms with Crippen LogP contribution in [0.1, 0.15) is 104 Å². The highest BCUT2D eigenvalue weighted by Gasteiger charge is 2.14. The minimum atomic E-state index is -0.543. The summed E-state index contributed by atoms with van der Waals surface area (Å²) in [6, 6.07) is 0. The molecule has 0 bridgehead atoms. The molecule has 5 amide bonds. The van der Waals surface area contributed by atoms with Crippen LogP contribution in [0, 0.1) is 0 Å². The lowest BCUT2D eigenvalue weighted by molar-refractivity contribution is -0.166. The molecule has 0 aliphatic carbocycles. The molecule has 0 fully saturated rings. The largest absolute Gasteiger partial charge is 0.356 e. The number of nitrogens with zero attached hydrogens (tertiary/aromatic N) is 3. The molecule has 0 saturated carbocycles. The minimum absolute atomic E-state index is 0.000920. The molecule has 0 radical (unpaired) electrons. The van der Waals surface area contributed by atoms with Gasteiger partial charge in [0.25, 0.3) is 0 Å². The Balaban J connectivity index is 3.75. The fourth-order valence-corrected chi connectivity index (χ4v) is 3.55. The molecule has 0 heterocycles. The number of carbonyl (C=O) groups excluding carboxylic acids is 5. The predicted octanol–water partition coefficient (Wildman–Crippen LogP) is 2.37. The summed E-state index contributed by atoms with van der Waals surface area (Å²) in [7, 11) is 0. The van der Waals surface area contributed by atoms with Crippen molar-refractivity contribution in [2.45, 2.75) is 104 Å². The summed E-state index contributed by atoms with van der Waals surface area (Å²) in [5.41, 5.74) is 0. The van der Waals surface area contributed by atoms with E-state index in [0.717, 1.165) is 32.1 Å². The van der Waals surface area contributed by atoms with Crippen LogP contribution in [0.5, 0.6) is 0 Å². The van der Waals surface area contributed by atoms with Crippen molar-refractivity contribution < 1.29 is 39.6 Å². The van der Waals surface area contributed by atoms with Gasteiger partial charge in [-0.2, -0.15) is 0 Å². The standard InChI is InChI=1S/C26H49N5O8/c1-3-4-5-10-20-30(38)25(35)15-13-24(34)28-18-9-7-12-21-31(39)26(36)16-14-23(33)27-17-8-6-11-19-29(37)22(2)32/h37-39H,3-21H2,1-2H3,(H,27,33)(H,28,34). The van der Waals surface area contributed by atoms with Crippen molar-refractivity contribution in [2.75, 3.05) is 32.7 Å². The third-order valence-electron chi connectivity index (χ3n) is 6.03. The zero-order valence-electron chi connectivity index (χ0n) is 23.7. The molecule has 0 aromatic rings. The van der Waals surface area contributed by atoms with E-state index in [4.69, 9.17) is 0 Å². The smallest absolute Gasteiger partial charge is 0.246 e. The topological polar surface area (TPSA) is 180 Å². The van der Waals surface area contributed by atoms with Crippen LogP contribution in [0.3, 0.4) is 0 Å². The zero-order chi connectivity index (χ0) is 29.5. The normalized spacial score (nSPS) is 10.6. The van der Waals surface area contributed by atoms with Gasteiger partial charge in [-0.25, -0.2) is 15.2 Å². The van der Waals surface area contributed by atoms with E-state index in [1.165, 1.54) is 6.92 Å². The maximum atomic E-state index is 12.0. The van der Waals surface area contributed by atoms with E-state index in [1.807, 2.05) is 0 Å². The number of hydroxylamine groups is 6. The highest BCUT2D eigenvalue weighted by Crippen LogP contribution is 2.04. The first-order chi connectivity index (χ1) is 18.6. The summed E-state index contributed by atoms with van der Waals surface area (Å²) in [5, 5.41) is 36.2. The third kappa shape index (κ3) is 20.8. The van der Waals surface area contributed by atoms with Crippen LogP contribution in [0.4, 0.5) is 0 Å². The number of rotatable bonds is 23. The van der Waals surface area contributed by atoms with E-state index >= 15 is 0 Å². The van der Waals surface area contributed by atoms with E-state index in [0.29, 0.717) is 60.4 Å². The molecule has 0 aliphatic heterocycles. The van der Waals surface area contributed by atoms with Crippen molar-refractivity contribution in [1.29, 1.82) is 0 Å². The molecule has 39 heavy (non-hydrogen) atoms. The van der Waals surface area contributed by atoms with Crippen molar-refractivity contribution in [3.63, 3.8) is 0 Å². The second-order valence-corrected chi connectivity index (χ2v) is 9.56. The molecule has 13 nitrogen and oxygen atoms in total. The molecule has 0 rings (SSSR count). The quantitative estimate of drug-likeness (QED) is 0.0719. The predicted molar refractivity (Wildman–Crippen MR) is 143 cm³/mol. The lowest BCUT2D eigenvalue weighted by atomic mass is 10.2. The Labute approximate surface area is 231 Å². The molecule has 0 unspecified atom stereocenters. The lowest BCUT2D eigenvalue weighted by Crippen LogP contribution is -2.31. The van der Waals surface area contributed by atoms with E-state index in [-0.39, 0.29) is 57.1 Å². The van der Waals surface area contributed by atoms with Crippen molar-refractivity contribution in [3.8, 4) is 0 Å². The van der Waals surface area contributed by atoms with Crippen LogP contribution in [-0.2, 0) is 24.0 Å². The highest BCUT2D eigenvalue weighted by atomic mass is 16.5. The highest BCUT2D eigenvalue weighted by molar-refractivity contribution is 5.83. The van der Waals surface area contributed by atoms with Crippen molar-refractivity contribution >= 4 is 29.5 Å². The molecular weight excluding hydrogens is 510 g/mol. The van der Waals surface area contributed by atoms with Gasteiger partial charge in [0.2, 0.25) is 29.5 Å². The fraction of sp³-hybridized carbons (Fsp3) is 0.808. The molecule has 0 aromatic carbocycles. The maximum Gasteiger partial charge on any atom is 0.246 e. The van der Waals surface area contributed by atoms with Crippen LogP contribution >= 0.6 is 0 Å². The Kier molecular flexibility index (Phi) is 21.5. The summed E-state index contributed by atoms with van der Waals surface area (Å²) in [4.78, 5) is 58.4. The summed E-state index contributed by atoms with van der Waals surface area (Å²) >= 11 is 0. The summed E-state index contributed by atoms with van der Waals surface area (Å²) in [6.07, 6.45) is 7.42. The fourth-order valence-electron chi connectivity index (χ4n) is 3.55. The van der Waals surface area contributed by atoms with Gasteiger partial charge in [0.1, 0.15) is 0 Å². The van der Waals surface area contributed by atoms with Gasteiger partial charge in [0, 0.05) is 65.3 Å². The molecule has 0 saturated heterocycles. The van der Waals surface area contributed by atoms with Gasteiger partial charge < -0.3 is 10.6 Å². The average Bonchev–Trinajstić information content (AvgIpc) is 2.91. The van der Waals surface area contributed by atoms with E-state index < -0.39 is 17.7 Å². The molecule has 0 atom stereocenters. The van der Waals surface area contributed by atoms with Gasteiger partial charge >= 0.3 is 0 Å². The van der Waals surface area contributed by atoms with Gasteiger partial charge in [-0.05, 0) is 44.9 Å². The molecular formula is C26H49N5O8. The summed E-state index contributed by atoms with van der Waals surface area (Å²) < 4.78 is 0. The van der Waals surface area contributed by atoms with Crippen LogP contribution < -0.4 is 10.6 Å². The zero-order valence-corrected chi connectivity index (χ0v) is 23.7. The Morgan fingerprint density at radius 1 is 0.538 bits per heavy atom. The van der Waals surface area contributed by atoms with Gasteiger partial charge in [0.15, 0.2) is 0 Å². The molecule has 0 aliphatic rings. The van der Waals surface area contributed by atoms with Crippen LogP contribution in [0.25, 0.3) is 0 Å². The number of unbranched alkanes of at least 4 members (excludes halogenated alkanes) is 7. The number of carbonyl (C=O) groups is 5. The molecule has 0 spiro atoms.